The molecule has 2 unspecified atom stereocenters. The molecular formula is C14H20N2O3. The summed E-state index contributed by atoms with van der Waals surface area (Å²) in [7, 11) is 0. The normalized spacial score (nSPS) is 22.8. The van der Waals surface area contributed by atoms with Gasteiger partial charge in [0, 0.05) is 5.69 Å². The molecule has 5 heteroatoms. The number of anilines is 1. The summed E-state index contributed by atoms with van der Waals surface area (Å²) in [6.45, 7) is -0.0485. The van der Waals surface area contributed by atoms with E-state index in [1.54, 1.807) is 24.3 Å². The van der Waals surface area contributed by atoms with E-state index in [0.717, 1.165) is 25.7 Å². The number of rotatable bonds is 4. The molecule has 19 heavy (non-hydrogen) atoms. The van der Waals surface area contributed by atoms with Crippen LogP contribution >= 0.6 is 0 Å². The third kappa shape index (κ3) is 4.13. The molecule has 0 aromatic heterocycles. The second kappa shape index (κ2) is 6.43. The smallest absolute Gasteiger partial charge is 0.258 e. The minimum absolute atomic E-state index is 0.0485. The van der Waals surface area contributed by atoms with E-state index in [-0.39, 0.29) is 18.6 Å². The Kier molecular flexibility index (Phi) is 4.63. The van der Waals surface area contributed by atoms with Gasteiger partial charge in [-0.05, 0) is 37.1 Å². The number of nitrogen functional groups attached to an aromatic ring is 1. The Balaban J connectivity index is 1.76. The van der Waals surface area contributed by atoms with Gasteiger partial charge >= 0.3 is 0 Å². The maximum absolute atomic E-state index is 11.7. The fraction of sp³-hybridized carbons (Fsp3) is 0.500. The molecule has 0 heterocycles. The van der Waals surface area contributed by atoms with Crippen LogP contribution in [0.25, 0.3) is 0 Å². The van der Waals surface area contributed by atoms with Gasteiger partial charge < -0.3 is 20.9 Å². The number of aliphatic hydroxyl groups is 1. The Hall–Kier alpha value is -1.75. The summed E-state index contributed by atoms with van der Waals surface area (Å²) in [4.78, 5) is 11.7. The summed E-state index contributed by atoms with van der Waals surface area (Å²) in [5.74, 6) is 0.399. The van der Waals surface area contributed by atoms with E-state index in [0.29, 0.717) is 11.4 Å². The fourth-order valence-electron chi connectivity index (χ4n) is 2.24. The lowest BCUT2D eigenvalue weighted by Gasteiger charge is -2.28. The first-order chi connectivity index (χ1) is 9.15. The molecule has 0 saturated heterocycles. The molecule has 2 atom stereocenters. The van der Waals surface area contributed by atoms with Gasteiger partial charge in [-0.25, -0.2) is 0 Å². The number of ether oxygens (including phenoxy) is 1. The van der Waals surface area contributed by atoms with E-state index in [4.69, 9.17) is 10.5 Å². The van der Waals surface area contributed by atoms with Crippen LogP contribution in [0.2, 0.25) is 0 Å². The average molecular weight is 264 g/mol. The maximum Gasteiger partial charge on any atom is 0.258 e. The van der Waals surface area contributed by atoms with Crippen LogP contribution in [0.5, 0.6) is 5.75 Å². The van der Waals surface area contributed by atoms with Crippen molar-refractivity contribution in [2.24, 2.45) is 0 Å². The number of amides is 1. The number of benzene rings is 1. The molecule has 5 nitrogen and oxygen atoms in total. The topological polar surface area (TPSA) is 84.6 Å². The number of hydrogen-bond acceptors (Lipinski definition) is 4. The summed E-state index contributed by atoms with van der Waals surface area (Å²) < 4.78 is 5.35. The molecule has 1 aliphatic carbocycles. The quantitative estimate of drug-likeness (QED) is 0.710. The Labute approximate surface area is 112 Å². The largest absolute Gasteiger partial charge is 0.484 e. The summed E-state index contributed by atoms with van der Waals surface area (Å²) >= 11 is 0. The third-order valence-corrected chi connectivity index (χ3v) is 3.33. The predicted octanol–water partition coefficient (Wildman–Crippen LogP) is 1.07. The molecule has 4 N–H and O–H groups in total. The zero-order chi connectivity index (χ0) is 13.7. The van der Waals surface area contributed by atoms with Crippen molar-refractivity contribution in [3.05, 3.63) is 24.3 Å². The first-order valence-corrected chi connectivity index (χ1v) is 6.61. The van der Waals surface area contributed by atoms with E-state index in [9.17, 15) is 9.90 Å². The Morgan fingerprint density at radius 1 is 1.32 bits per heavy atom. The van der Waals surface area contributed by atoms with Crippen molar-refractivity contribution in [1.82, 2.24) is 5.32 Å². The average Bonchev–Trinajstić information content (AvgIpc) is 2.41. The second-order valence-electron chi connectivity index (χ2n) is 4.88. The van der Waals surface area contributed by atoms with E-state index in [1.807, 2.05) is 0 Å². The number of aliphatic hydroxyl groups excluding tert-OH is 1. The van der Waals surface area contributed by atoms with Gasteiger partial charge in [-0.1, -0.05) is 12.8 Å². The highest BCUT2D eigenvalue weighted by Gasteiger charge is 2.24. The Bertz CT molecular complexity index is 419. The fourth-order valence-corrected chi connectivity index (χ4v) is 2.24. The number of hydrogen-bond donors (Lipinski definition) is 3. The number of nitrogens with one attached hydrogen (secondary N) is 1. The minimum atomic E-state index is -0.436. The van der Waals surface area contributed by atoms with Gasteiger partial charge in [0.15, 0.2) is 6.61 Å². The number of carbonyl (C=O) groups is 1. The van der Waals surface area contributed by atoms with Crippen LogP contribution in [0.3, 0.4) is 0 Å². The Morgan fingerprint density at radius 3 is 2.68 bits per heavy atom. The van der Waals surface area contributed by atoms with Crippen molar-refractivity contribution in [3.63, 3.8) is 0 Å². The molecular weight excluding hydrogens is 244 g/mol. The van der Waals surface area contributed by atoms with Crippen molar-refractivity contribution in [1.29, 1.82) is 0 Å². The molecule has 1 aromatic rings. The molecule has 1 aliphatic rings. The lowest BCUT2D eigenvalue weighted by atomic mass is 9.92. The second-order valence-corrected chi connectivity index (χ2v) is 4.88. The number of carbonyl (C=O) groups excluding carboxylic acids is 1. The van der Waals surface area contributed by atoms with Crippen LogP contribution in [0.4, 0.5) is 5.69 Å². The zero-order valence-electron chi connectivity index (χ0n) is 10.8. The maximum atomic E-state index is 11.7. The van der Waals surface area contributed by atoms with Crippen molar-refractivity contribution in [2.45, 2.75) is 37.8 Å². The van der Waals surface area contributed by atoms with Gasteiger partial charge in [0.1, 0.15) is 5.75 Å². The zero-order valence-corrected chi connectivity index (χ0v) is 10.8. The third-order valence-electron chi connectivity index (χ3n) is 3.33. The molecule has 0 radical (unpaired) electrons. The highest BCUT2D eigenvalue weighted by atomic mass is 16.5. The van der Waals surface area contributed by atoms with Gasteiger partial charge in [-0.15, -0.1) is 0 Å². The summed E-state index contributed by atoms with van der Waals surface area (Å²) in [6.07, 6.45) is 3.21. The first kappa shape index (κ1) is 13.7. The Morgan fingerprint density at radius 2 is 2.00 bits per heavy atom. The van der Waals surface area contributed by atoms with Gasteiger partial charge in [0.25, 0.3) is 5.91 Å². The molecule has 1 aromatic carbocycles. The molecule has 1 saturated carbocycles. The van der Waals surface area contributed by atoms with Crippen molar-refractivity contribution < 1.29 is 14.6 Å². The van der Waals surface area contributed by atoms with E-state index in [2.05, 4.69) is 5.32 Å². The van der Waals surface area contributed by atoms with Crippen LogP contribution in [0, 0.1) is 0 Å². The highest BCUT2D eigenvalue weighted by Crippen LogP contribution is 2.18. The lowest BCUT2D eigenvalue weighted by molar-refractivity contribution is -0.125. The van der Waals surface area contributed by atoms with Gasteiger partial charge in [-0.3, -0.25) is 4.79 Å². The standard InChI is InChI=1S/C14H20N2O3/c15-10-5-7-11(8-6-10)19-9-14(18)16-12-3-1-2-4-13(12)17/h5-8,12-13,17H,1-4,9,15H2,(H,16,18). The molecule has 1 fully saturated rings. The molecule has 0 bridgehead atoms. The van der Waals surface area contributed by atoms with Crippen LogP contribution < -0.4 is 15.8 Å². The SMILES string of the molecule is Nc1ccc(OCC(=O)NC2CCCCC2O)cc1. The molecule has 0 aliphatic heterocycles. The molecule has 2 rings (SSSR count). The van der Waals surface area contributed by atoms with Crippen LogP contribution in [-0.2, 0) is 4.79 Å². The van der Waals surface area contributed by atoms with E-state index >= 15 is 0 Å². The summed E-state index contributed by atoms with van der Waals surface area (Å²) in [5.41, 5.74) is 6.21. The van der Waals surface area contributed by atoms with Crippen LogP contribution in [0.15, 0.2) is 24.3 Å². The monoisotopic (exact) mass is 264 g/mol. The van der Waals surface area contributed by atoms with Crippen LogP contribution in [0.1, 0.15) is 25.7 Å². The van der Waals surface area contributed by atoms with E-state index in [1.165, 1.54) is 0 Å². The van der Waals surface area contributed by atoms with Crippen molar-refractivity contribution in [3.8, 4) is 5.75 Å². The molecule has 104 valence electrons. The summed E-state index contributed by atoms with van der Waals surface area (Å²) in [6, 6.07) is 6.74. The van der Waals surface area contributed by atoms with Gasteiger partial charge in [-0.2, -0.15) is 0 Å². The highest BCUT2D eigenvalue weighted by molar-refractivity contribution is 5.77. The minimum Gasteiger partial charge on any atom is -0.484 e. The first-order valence-electron chi connectivity index (χ1n) is 6.61. The predicted molar refractivity (Wildman–Crippen MR) is 72.8 cm³/mol. The van der Waals surface area contributed by atoms with Crippen LogP contribution in [-0.4, -0.2) is 29.8 Å². The lowest BCUT2D eigenvalue weighted by Crippen LogP contribution is -2.46. The van der Waals surface area contributed by atoms with E-state index < -0.39 is 6.10 Å². The van der Waals surface area contributed by atoms with Crippen molar-refractivity contribution in [2.75, 3.05) is 12.3 Å². The van der Waals surface area contributed by atoms with Gasteiger partial charge in [0.05, 0.1) is 12.1 Å². The van der Waals surface area contributed by atoms with Crippen molar-refractivity contribution >= 4 is 11.6 Å². The number of nitrogens with two attached hydrogens (primary N) is 1. The molecule has 1 amide bonds. The molecule has 0 spiro atoms. The summed E-state index contributed by atoms with van der Waals surface area (Å²) in [5, 5.41) is 12.6. The van der Waals surface area contributed by atoms with Gasteiger partial charge in [0.2, 0.25) is 0 Å².